The molecule has 0 heterocycles. The first-order chi connectivity index (χ1) is 5.12. The second-order valence-corrected chi connectivity index (χ2v) is 3.49. The van der Waals surface area contributed by atoms with Crippen LogP contribution in [0.1, 0.15) is 47.0 Å². The molecule has 0 atom stereocenters. The fourth-order valence-electron chi connectivity index (χ4n) is 1.19. The van der Waals surface area contributed by atoms with Gasteiger partial charge in [-0.15, -0.1) is 0 Å². The molecule has 0 saturated carbocycles. The molecule has 1 radical (unpaired) electrons. The van der Waals surface area contributed by atoms with Gasteiger partial charge in [-0.3, -0.25) is 0 Å². The number of rotatable bonds is 6. The highest BCUT2D eigenvalue weighted by atomic mass is 16.5. The quantitative estimate of drug-likeness (QED) is 0.538. The molecule has 1 heteroatoms. The van der Waals surface area contributed by atoms with Crippen LogP contribution in [-0.4, -0.2) is 12.2 Å². The Labute approximate surface area is 71.1 Å². The molecule has 1 nitrogen and oxygen atoms in total. The van der Waals surface area contributed by atoms with Crippen molar-refractivity contribution in [3.05, 3.63) is 6.42 Å². The number of hydrogen-bond acceptors (Lipinski definition) is 1. The van der Waals surface area contributed by atoms with Crippen molar-refractivity contribution >= 4 is 0 Å². The molecule has 0 spiro atoms. The van der Waals surface area contributed by atoms with Gasteiger partial charge >= 0.3 is 0 Å². The Morgan fingerprint density at radius 2 is 2.00 bits per heavy atom. The normalized spacial score (nSPS) is 12.0. The van der Waals surface area contributed by atoms with Crippen molar-refractivity contribution in [1.82, 2.24) is 0 Å². The molecule has 0 aromatic carbocycles. The fraction of sp³-hybridized carbons (Fsp3) is 0.900. The van der Waals surface area contributed by atoms with Crippen LogP contribution in [0.25, 0.3) is 0 Å². The molecule has 0 aromatic rings. The number of hydrogen-bond donors (Lipinski definition) is 0. The van der Waals surface area contributed by atoms with Crippen LogP contribution < -0.4 is 0 Å². The SMILES string of the molecule is C[CH]CCCC(C)(C)OCC. The summed E-state index contributed by atoms with van der Waals surface area (Å²) in [5.74, 6) is 0. The summed E-state index contributed by atoms with van der Waals surface area (Å²) in [6, 6.07) is 0. The zero-order valence-electron chi connectivity index (χ0n) is 8.31. The van der Waals surface area contributed by atoms with Crippen LogP contribution in [0.2, 0.25) is 0 Å². The van der Waals surface area contributed by atoms with E-state index in [9.17, 15) is 0 Å². The molecule has 0 bridgehead atoms. The van der Waals surface area contributed by atoms with Crippen molar-refractivity contribution < 1.29 is 4.74 Å². The molecule has 0 saturated heterocycles. The number of ether oxygens (including phenoxy) is 1. The molecule has 11 heavy (non-hydrogen) atoms. The van der Waals surface area contributed by atoms with E-state index in [1.807, 2.05) is 6.92 Å². The fourth-order valence-corrected chi connectivity index (χ4v) is 1.19. The minimum atomic E-state index is 0.0811. The molecule has 0 N–H and O–H groups in total. The minimum Gasteiger partial charge on any atom is -0.376 e. The smallest absolute Gasteiger partial charge is 0.0626 e. The summed E-state index contributed by atoms with van der Waals surface area (Å²) < 4.78 is 5.56. The monoisotopic (exact) mass is 157 g/mol. The van der Waals surface area contributed by atoms with E-state index >= 15 is 0 Å². The van der Waals surface area contributed by atoms with E-state index in [-0.39, 0.29) is 5.60 Å². The van der Waals surface area contributed by atoms with Crippen molar-refractivity contribution in [3.8, 4) is 0 Å². The summed E-state index contributed by atoms with van der Waals surface area (Å²) in [7, 11) is 0. The predicted octanol–water partition coefficient (Wildman–Crippen LogP) is 3.20. The molecule has 0 aliphatic carbocycles. The predicted molar refractivity (Wildman–Crippen MR) is 49.5 cm³/mol. The summed E-state index contributed by atoms with van der Waals surface area (Å²) in [5, 5.41) is 0. The van der Waals surface area contributed by atoms with Gasteiger partial charge in [0.25, 0.3) is 0 Å². The van der Waals surface area contributed by atoms with Gasteiger partial charge in [-0.1, -0.05) is 19.8 Å². The summed E-state index contributed by atoms with van der Waals surface area (Å²) in [4.78, 5) is 0. The van der Waals surface area contributed by atoms with Crippen LogP contribution >= 0.6 is 0 Å². The summed E-state index contributed by atoms with van der Waals surface area (Å²) in [5.41, 5.74) is 0.0811. The first kappa shape index (κ1) is 11.0. The van der Waals surface area contributed by atoms with Gasteiger partial charge < -0.3 is 4.74 Å². The third-order valence-electron chi connectivity index (χ3n) is 1.81. The molecule has 67 valence electrons. The van der Waals surface area contributed by atoms with E-state index in [0.717, 1.165) is 13.0 Å². The highest BCUT2D eigenvalue weighted by Gasteiger charge is 2.15. The van der Waals surface area contributed by atoms with E-state index < -0.39 is 0 Å². The lowest BCUT2D eigenvalue weighted by Gasteiger charge is -2.24. The van der Waals surface area contributed by atoms with Gasteiger partial charge in [0.05, 0.1) is 5.60 Å². The van der Waals surface area contributed by atoms with E-state index in [0.29, 0.717) is 0 Å². The molecule has 0 aliphatic rings. The minimum absolute atomic E-state index is 0.0811. The van der Waals surface area contributed by atoms with Crippen LogP contribution in [0, 0.1) is 6.42 Å². The molecular formula is C10H21O. The lowest BCUT2D eigenvalue weighted by atomic mass is 10.0. The Morgan fingerprint density at radius 1 is 1.36 bits per heavy atom. The van der Waals surface area contributed by atoms with Crippen LogP contribution in [0.4, 0.5) is 0 Å². The highest BCUT2D eigenvalue weighted by molar-refractivity contribution is 4.69. The van der Waals surface area contributed by atoms with Crippen LogP contribution in [0.15, 0.2) is 0 Å². The maximum absolute atomic E-state index is 5.56. The summed E-state index contributed by atoms with van der Waals surface area (Å²) >= 11 is 0. The largest absolute Gasteiger partial charge is 0.376 e. The first-order valence-electron chi connectivity index (χ1n) is 4.54. The van der Waals surface area contributed by atoms with E-state index in [2.05, 4.69) is 27.2 Å². The van der Waals surface area contributed by atoms with Crippen LogP contribution in [0.3, 0.4) is 0 Å². The van der Waals surface area contributed by atoms with Crippen LogP contribution in [0.5, 0.6) is 0 Å². The third-order valence-corrected chi connectivity index (χ3v) is 1.81. The van der Waals surface area contributed by atoms with E-state index in [1.165, 1.54) is 12.8 Å². The Bertz CT molecular complexity index is 86.9. The van der Waals surface area contributed by atoms with Gasteiger partial charge in [-0.05, 0) is 33.6 Å². The standard InChI is InChI=1S/C10H21O/c1-5-7-8-9-10(3,4)11-6-2/h5H,6-9H2,1-4H3. The lowest BCUT2D eigenvalue weighted by Crippen LogP contribution is -2.23. The maximum Gasteiger partial charge on any atom is 0.0626 e. The second-order valence-electron chi connectivity index (χ2n) is 3.49. The Morgan fingerprint density at radius 3 is 2.45 bits per heavy atom. The number of unbranched alkanes of at least 4 members (excludes halogenated alkanes) is 2. The molecule has 0 aliphatic heterocycles. The molecule has 0 amide bonds. The highest BCUT2D eigenvalue weighted by Crippen LogP contribution is 2.17. The average Bonchev–Trinajstić information content (AvgIpc) is 1.87. The van der Waals surface area contributed by atoms with Gasteiger partial charge in [0.1, 0.15) is 0 Å². The van der Waals surface area contributed by atoms with E-state index in [4.69, 9.17) is 4.74 Å². The van der Waals surface area contributed by atoms with Crippen molar-refractivity contribution in [1.29, 1.82) is 0 Å². The van der Waals surface area contributed by atoms with Gasteiger partial charge in [-0.2, -0.15) is 0 Å². The van der Waals surface area contributed by atoms with E-state index in [1.54, 1.807) is 0 Å². The molecular weight excluding hydrogens is 136 g/mol. The summed E-state index contributed by atoms with van der Waals surface area (Å²) in [6.07, 6.45) is 5.81. The Hall–Kier alpha value is -0.0400. The Balaban J connectivity index is 3.38. The zero-order chi connectivity index (χ0) is 8.74. The molecule has 0 unspecified atom stereocenters. The van der Waals surface area contributed by atoms with Gasteiger partial charge in [0.15, 0.2) is 0 Å². The maximum atomic E-state index is 5.56. The summed E-state index contributed by atoms with van der Waals surface area (Å²) in [6.45, 7) is 9.29. The topological polar surface area (TPSA) is 9.23 Å². The second kappa shape index (κ2) is 5.59. The average molecular weight is 157 g/mol. The molecule has 0 fully saturated rings. The van der Waals surface area contributed by atoms with Gasteiger partial charge in [-0.25, -0.2) is 0 Å². The lowest BCUT2D eigenvalue weighted by molar-refractivity contribution is -0.0173. The van der Waals surface area contributed by atoms with Gasteiger partial charge in [0.2, 0.25) is 0 Å². The molecule has 0 aromatic heterocycles. The molecule has 0 rings (SSSR count). The Kier molecular flexibility index (Phi) is 5.57. The van der Waals surface area contributed by atoms with Crippen molar-refractivity contribution in [2.75, 3.05) is 6.61 Å². The van der Waals surface area contributed by atoms with Crippen LogP contribution in [-0.2, 0) is 4.74 Å². The van der Waals surface area contributed by atoms with Crippen molar-refractivity contribution in [2.24, 2.45) is 0 Å². The zero-order valence-corrected chi connectivity index (χ0v) is 8.31. The van der Waals surface area contributed by atoms with Crippen molar-refractivity contribution in [2.45, 2.75) is 52.6 Å². The van der Waals surface area contributed by atoms with Crippen molar-refractivity contribution in [3.63, 3.8) is 0 Å². The first-order valence-corrected chi connectivity index (χ1v) is 4.54. The van der Waals surface area contributed by atoms with Gasteiger partial charge in [0, 0.05) is 6.61 Å². The third kappa shape index (κ3) is 6.36.